The Morgan fingerprint density at radius 3 is 1.82 bits per heavy atom. The van der Waals surface area contributed by atoms with Crippen molar-refractivity contribution < 1.29 is 108 Å². The second kappa shape index (κ2) is 25.8. The number of unbranched alkanes of at least 4 members (excludes halogenated alkanes) is 1. The Morgan fingerprint density at radius 1 is 0.716 bits per heavy atom. The molecule has 0 spiro atoms. The molecular formula is C48H50N7O24S9+. The highest BCUT2D eigenvalue weighted by molar-refractivity contribution is 7.91. The summed E-state index contributed by atoms with van der Waals surface area (Å²) in [6.07, 6.45) is 8.80. The number of hydrogen-bond acceptors (Lipinski definition) is 24. The summed E-state index contributed by atoms with van der Waals surface area (Å²) < 4.78 is 254. The summed E-state index contributed by atoms with van der Waals surface area (Å²) in [5.41, 5.74) is 0.175. The predicted molar refractivity (Wildman–Crippen MR) is 314 cm³/mol. The van der Waals surface area contributed by atoms with Gasteiger partial charge in [0.1, 0.15) is 16.3 Å². The first-order chi connectivity index (χ1) is 40.3. The first-order valence-electron chi connectivity index (χ1n) is 24.6. The highest BCUT2D eigenvalue weighted by Gasteiger charge is 2.47. The lowest BCUT2D eigenvalue weighted by Gasteiger charge is -2.27. The van der Waals surface area contributed by atoms with Gasteiger partial charge in [-0.15, -0.1) is 35.5 Å². The summed E-state index contributed by atoms with van der Waals surface area (Å²) in [4.78, 5) is 15.5. The van der Waals surface area contributed by atoms with Gasteiger partial charge in [0.2, 0.25) is 15.2 Å². The summed E-state index contributed by atoms with van der Waals surface area (Å²) in [7, 11) is -36.1. The lowest BCUT2D eigenvalue weighted by molar-refractivity contribution is -0.438. The SMILES string of the molecule is CCCC[N+]1=C(/C=C/C(=C/C=C2/N(CCCS(=O)(=O)O)c3cc(S(=O)(=O)O)c4c(S(=O)(=O)O)cc(S(=O)(=O)O)cc4c3C2(C)C)c2ccc(C(=O)Nc3nnc(S(N)(=O)=O)s3)cn2)C(C)(C)c2c1ccc1ccc(S(=O)(=O)O)cc21.O=S(=O)=O.O=S(=O)=O. The molecule has 1 amide bonds. The number of pyridine rings is 1. The molecule has 8 rings (SSSR count). The molecule has 0 saturated carbocycles. The van der Waals surface area contributed by atoms with Crippen molar-refractivity contribution in [3.05, 3.63) is 119 Å². The first-order valence-corrected chi connectivity index (χ1v) is 36.3. The van der Waals surface area contributed by atoms with E-state index in [1.807, 2.05) is 32.9 Å². The van der Waals surface area contributed by atoms with E-state index in [1.54, 1.807) is 32.1 Å². The van der Waals surface area contributed by atoms with Crippen LogP contribution in [0.5, 0.6) is 0 Å². The van der Waals surface area contributed by atoms with Crippen LogP contribution in [0, 0.1) is 0 Å². The fraction of sp³-hybridized carbons (Fsp3) is 0.271. The highest BCUT2D eigenvalue weighted by atomic mass is 32.3. The van der Waals surface area contributed by atoms with E-state index >= 15 is 0 Å². The van der Waals surface area contributed by atoms with Crippen LogP contribution in [0.25, 0.3) is 27.1 Å². The topological polar surface area (TPSA) is 508 Å². The Labute approximate surface area is 510 Å². The number of nitrogens with one attached hydrogen (secondary N) is 1. The lowest BCUT2D eigenvalue weighted by atomic mass is 9.79. The third kappa shape index (κ3) is 16.0. The quantitative estimate of drug-likeness (QED) is 0.0278. The van der Waals surface area contributed by atoms with Gasteiger partial charge in [0, 0.05) is 64.6 Å². The minimum Gasteiger partial charge on any atom is -0.344 e. The van der Waals surface area contributed by atoms with E-state index in [0.29, 0.717) is 46.9 Å². The number of primary sulfonamides is 1. The van der Waals surface area contributed by atoms with Crippen molar-refractivity contribution in [2.24, 2.45) is 5.14 Å². The molecule has 2 aromatic heterocycles. The molecule has 2 aliphatic rings. The normalized spacial score (nSPS) is 15.6. The number of amides is 1. The van der Waals surface area contributed by atoms with Crippen molar-refractivity contribution in [2.75, 3.05) is 29.1 Å². The van der Waals surface area contributed by atoms with Gasteiger partial charge in [-0.3, -0.25) is 37.9 Å². The molecule has 6 aromatic rings. The molecule has 0 bridgehead atoms. The third-order valence-electron chi connectivity index (χ3n) is 13.5. The number of carbonyl (C=O) groups excluding carboxylic acids is 1. The van der Waals surface area contributed by atoms with E-state index in [2.05, 4.69) is 25.1 Å². The molecule has 0 radical (unpaired) electrons. The summed E-state index contributed by atoms with van der Waals surface area (Å²) >= 11 is 0.497. The Bertz CT molecular complexity index is 4950. The number of aromatic nitrogens is 3. The summed E-state index contributed by atoms with van der Waals surface area (Å²) in [6, 6.07) is 12.7. The zero-order valence-electron chi connectivity index (χ0n) is 45.9. The lowest BCUT2D eigenvalue weighted by Crippen LogP contribution is -2.28. The molecule has 474 valence electrons. The molecule has 0 aliphatic carbocycles. The maximum absolute atomic E-state index is 13.4. The van der Waals surface area contributed by atoms with Crippen LogP contribution < -0.4 is 15.4 Å². The maximum Gasteiger partial charge on any atom is 0.425 e. The monoisotopic (exact) mass is 1400 g/mol. The molecule has 0 atom stereocenters. The number of carbonyl (C=O) groups is 1. The van der Waals surface area contributed by atoms with Crippen molar-refractivity contribution in [3.8, 4) is 0 Å². The van der Waals surface area contributed by atoms with Gasteiger partial charge in [0.15, 0.2) is 5.71 Å². The van der Waals surface area contributed by atoms with Gasteiger partial charge in [-0.1, -0.05) is 50.7 Å². The number of anilines is 2. The molecule has 0 saturated heterocycles. The highest BCUT2D eigenvalue weighted by Crippen LogP contribution is 2.54. The van der Waals surface area contributed by atoms with Gasteiger partial charge >= 0.3 is 21.2 Å². The molecular weight excluding hydrogens is 1350 g/mol. The molecule has 40 heteroatoms. The first kappa shape index (κ1) is 70.1. The number of hydrogen-bond donors (Lipinski definition) is 7. The van der Waals surface area contributed by atoms with Crippen molar-refractivity contribution in [1.82, 2.24) is 15.2 Å². The second-order valence-electron chi connectivity index (χ2n) is 20.0. The predicted octanol–water partition coefficient (Wildman–Crippen LogP) is 3.89. The van der Waals surface area contributed by atoms with E-state index in [1.165, 1.54) is 47.5 Å². The minimum absolute atomic E-state index is 0.0315. The molecule has 31 nitrogen and oxygen atoms in total. The average Bonchev–Trinajstić information content (AvgIpc) is 1.41. The van der Waals surface area contributed by atoms with Crippen LogP contribution in [0.2, 0.25) is 0 Å². The van der Waals surface area contributed by atoms with Gasteiger partial charge in [-0.2, -0.15) is 46.7 Å². The Hall–Kier alpha value is -7.03. The van der Waals surface area contributed by atoms with Gasteiger partial charge in [-0.05, 0) is 103 Å². The van der Waals surface area contributed by atoms with Crippen LogP contribution in [0.3, 0.4) is 0 Å². The molecule has 0 fully saturated rings. The van der Waals surface area contributed by atoms with Crippen LogP contribution in [0.15, 0.2) is 121 Å². The number of nitrogens with two attached hydrogens (primary N) is 1. The molecule has 2 aliphatic heterocycles. The van der Waals surface area contributed by atoms with Crippen LogP contribution in [-0.4, -0.2) is 149 Å². The fourth-order valence-electron chi connectivity index (χ4n) is 10.0. The summed E-state index contributed by atoms with van der Waals surface area (Å²) in [5.74, 6) is -1.61. The Kier molecular flexibility index (Phi) is 20.6. The largest absolute Gasteiger partial charge is 0.425 e. The number of allylic oxidation sites excluding steroid dienone is 6. The van der Waals surface area contributed by atoms with Crippen LogP contribution >= 0.6 is 11.3 Å². The van der Waals surface area contributed by atoms with Crippen LogP contribution in [0.1, 0.15) is 81.1 Å². The van der Waals surface area contributed by atoms with Gasteiger partial charge in [0.25, 0.3) is 66.5 Å². The van der Waals surface area contributed by atoms with E-state index in [0.717, 1.165) is 29.8 Å². The standard InChI is InChI=1S/C48H49N7O18S7.2O3S/c1-6-7-19-54-35-16-11-27-9-14-30(77(62,63)64)22-32(27)42(35)47(2,3)39(54)17-12-28(34-15-10-29(26-50-34)44(56)51-45-52-53-46(74-45)76(49,60)61)13-18-40-48(4,5)43-33-23-31(78(65,66)67)24-37(79(68,69)70)41(33)38(80(71,72)73)25-36(43)55(40)20-8-21-75(57,58)59;2*1-4(2)3/h9-18,22-26H,6-8,19-21H2,1-5H3,(H7-,49,51,52,56,57,58,59,60,61,62,63,64,65,66,67,68,69,70,71,72,73);;/p+1. The van der Waals surface area contributed by atoms with Crippen molar-refractivity contribution >= 4 is 148 Å². The summed E-state index contributed by atoms with van der Waals surface area (Å²) in [5, 5.41) is 14.4. The molecule has 0 unspecified atom stereocenters. The van der Waals surface area contributed by atoms with Crippen molar-refractivity contribution in [3.63, 3.8) is 0 Å². The number of rotatable bonds is 18. The Morgan fingerprint density at radius 2 is 1.30 bits per heavy atom. The number of sulfonamides is 1. The molecule has 4 heterocycles. The van der Waals surface area contributed by atoms with E-state index in [4.69, 9.17) is 30.4 Å². The molecule has 4 aromatic carbocycles. The van der Waals surface area contributed by atoms with Crippen LogP contribution in [-0.2, 0) is 92.7 Å². The number of benzene rings is 4. The number of nitrogens with zero attached hydrogens (tertiary/aromatic N) is 5. The third-order valence-corrected chi connectivity index (χ3v) is 19.9. The maximum atomic E-state index is 13.4. The Balaban J connectivity index is 0.00000145. The fourth-order valence-corrected chi connectivity index (χ4v) is 14.5. The van der Waals surface area contributed by atoms with Gasteiger partial charge in [-0.25, -0.2) is 13.6 Å². The zero-order chi connectivity index (χ0) is 66.2. The number of fused-ring (bicyclic) bond motifs is 6. The molecule has 8 N–H and O–H groups in total. The van der Waals surface area contributed by atoms with Crippen molar-refractivity contribution in [1.29, 1.82) is 0 Å². The minimum atomic E-state index is -5.55. The van der Waals surface area contributed by atoms with E-state index in [9.17, 15) is 78.1 Å². The molecule has 88 heavy (non-hydrogen) atoms. The van der Waals surface area contributed by atoms with Gasteiger partial charge < -0.3 is 4.90 Å². The van der Waals surface area contributed by atoms with Crippen LogP contribution in [0.4, 0.5) is 16.5 Å². The average molecular weight is 1400 g/mol. The smallest absolute Gasteiger partial charge is 0.344 e. The zero-order valence-corrected chi connectivity index (χ0v) is 53.2. The van der Waals surface area contributed by atoms with Crippen molar-refractivity contribution in [2.45, 2.75) is 88.6 Å². The van der Waals surface area contributed by atoms with Gasteiger partial charge in [0.05, 0.1) is 32.2 Å². The summed E-state index contributed by atoms with van der Waals surface area (Å²) in [6.45, 7) is 9.09. The van der Waals surface area contributed by atoms with E-state index in [-0.39, 0.29) is 56.8 Å². The van der Waals surface area contributed by atoms with E-state index < -0.39 is 134 Å². The second-order valence-corrected chi connectivity index (χ2v) is 30.7.